The maximum Gasteiger partial charge on any atom is 0.339 e. The number of methoxy groups -OCH3 is 1. The first-order chi connectivity index (χ1) is 12.0. The molecule has 1 aliphatic heterocycles. The zero-order valence-electron chi connectivity index (χ0n) is 13.2. The van der Waals surface area contributed by atoms with E-state index >= 15 is 0 Å². The van der Waals surface area contributed by atoms with Gasteiger partial charge in [-0.25, -0.2) is 9.59 Å². The summed E-state index contributed by atoms with van der Waals surface area (Å²) in [6, 6.07) is 11.2. The Kier molecular flexibility index (Phi) is 4.72. The van der Waals surface area contributed by atoms with E-state index in [0.29, 0.717) is 16.1 Å². The van der Waals surface area contributed by atoms with Gasteiger partial charge in [-0.3, -0.25) is 4.79 Å². The topological polar surface area (TPSA) is 81.7 Å². The normalized spacial score (nSPS) is 15.8. The third-order valence-electron chi connectivity index (χ3n) is 3.82. The highest BCUT2D eigenvalue weighted by molar-refractivity contribution is 6.30. The maximum atomic E-state index is 12.5. The highest BCUT2D eigenvalue weighted by Crippen LogP contribution is 2.25. The molecule has 0 aromatic heterocycles. The summed E-state index contributed by atoms with van der Waals surface area (Å²) >= 11 is 5.95. The monoisotopic (exact) mass is 359 g/mol. The van der Waals surface area contributed by atoms with Gasteiger partial charge in [-0.05, 0) is 35.9 Å². The SMILES string of the molecule is COC(=O)c1ccccc1NC(=O)C1Cc2cc(Cl)ccc2C(=O)O1. The summed E-state index contributed by atoms with van der Waals surface area (Å²) < 4.78 is 9.89. The predicted molar refractivity (Wildman–Crippen MR) is 90.8 cm³/mol. The highest BCUT2D eigenvalue weighted by atomic mass is 35.5. The van der Waals surface area contributed by atoms with Crippen LogP contribution in [0.15, 0.2) is 42.5 Å². The van der Waals surface area contributed by atoms with Gasteiger partial charge in [0.15, 0.2) is 6.10 Å². The molecule has 128 valence electrons. The number of benzene rings is 2. The van der Waals surface area contributed by atoms with Crippen LogP contribution in [0.3, 0.4) is 0 Å². The average Bonchev–Trinajstić information content (AvgIpc) is 2.61. The molecular weight excluding hydrogens is 346 g/mol. The van der Waals surface area contributed by atoms with E-state index in [4.69, 9.17) is 21.1 Å². The zero-order valence-corrected chi connectivity index (χ0v) is 14.0. The Hall–Kier alpha value is -2.86. The van der Waals surface area contributed by atoms with Crippen molar-refractivity contribution in [2.24, 2.45) is 0 Å². The van der Waals surface area contributed by atoms with Crippen molar-refractivity contribution < 1.29 is 23.9 Å². The number of anilines is 1. The molecule has 1 atom stereocenters. The summed E-state index contributed by atoms with van der Waals surface area (Å²) in [7, 11) is 1.25. The molecular formula is C18H14ClNO5. The molecule has 0 bridgehead atoms. The molecule has 2 aromatic carbocycles. The van der Waals surface area contributed by atoms with Crippen LogP contribution in [0, 0.1) is 0 Å². The third-order valence-corrected chi connectivity index (χ3v) is 4.06. The lowest BCUT2D eigenvalue weighted by Gasteiger charge is -2.24. The number of esters is 2. The van der Waals surface area contributed by atoms with Gasteiger partial charge < -0.3 is 14.8 Å². The molecule has 7 heteroatoms. The lowest BCUT2D eigenvalue weighted by atomic mass is 9.98. The molecule has 0 aliphatic carbocycles. The van der Waals surface area contributed by atoms with Crippen LogP contribution in [0.25, 0.3) is 0 Å². The molecule has 1 unspecified atom stereocenters. The number of para-hydroxylation sites is 1. The number of halogens is 1. The molecule has 0 fully saturated rings. The van der Waals surface area contributed by atoms with E-state index in [1.165, 1.54) is 13.2 Å². The molecule has 3 rings (SSSR count). The van der Waals surface area contributed by atoms with E-state index in [2.05, 4.69) is 5.32 Å². The number of fused-ring (bicyclic) bond motifs is 1. The maximum absolute atomic E-state index is 12.5. The minimum absolute atomic E-state index is 0.202. The molecule has 1 amide bonds. The van der Waals surface area contributed by atoms with Crippen molar-refractivity contribution in [3.05, 3.63) is 64.2 Å². The van der Waals surface area contributed by atoms with Crippen molar-refractivity contribution in [3.8, 4) is 0 Å². The molecule has 1 N–H and O–H groups in total. The summed E-state index contributed by atoms with van der Waals surface area (Å²) in [4.78, 5) is 36.3. The molecule has 0 spiro atoms. The fourth-order valence-corrected chi connectivity index (χ4v) is 2.80. The average molecular weight is 360 g/mol. The second kappa shape index (κ2) is 6.94. The van der Waals surface area contributed by atoms with Gasteiger partial charge in [0.1, 0.15) is 0 Å². The summed E-state index contributed by atoms with van der Waals surface area (Å²) in [5, 5.41) is 3.09. The minimum Gasteiger partial charge on any atom is -0.465 e. The number of hydrogen-bond acceptors (Lipinski definition) is 5. The van der Waals surface area contributed by atoms with Crippen molar-refractivity contribution in [2.45, 2.75) is 12.5 Å². The van der Waals surface area contributed by atoms with Crippen molar-refractivity contribution in [1.82, 2.24) is 0 Å². The Morgan fingerprint density at radius 3 is 2.76 bits per heavy atom. The second-order valence-corrected chi connectivity index (χ2v) is 5.86. The smallest absolute Gasteiger partial charge is 0.339 e. The Morgan fingerprint density at radius 2 is 2.00 bits per heavy atom. The number of cyclic esters (lactones) is 1. The van der Waals surface area contributed by atoms with Gasteiger partial charge in [-0.2, -0.15) is 0 Å². The molecule has 0 radical (unpaired) electrons. The Balaban J connectivity index is 1.81. The molecule has 0 saturated heterocycles. The van der Waals surface area contributed by atoms with Gasteiger partial charge >= 0.3 is 11.9 Å². The molecule has 1 heterocycles. The van der Waals surface area contributed by atoms with Crippen molar-refractivity contribution >= 4 is 35.1 Å². The number of amides is 1. The number of carbonyl (C=O) groups is 3. The second-order valence-electron chi connectivity index (χ2n) is 5.43. The summed E-state index contributed by atoms with van der Waals surface area (Å²) in [5.41, 5.74) is 1.53. The van der Waals surface area contributed by atoms with Gasteiger partial charge in [0.05, 0.1) is 23.9 Å². The predicted octanol–water partition coefficient (Wildman–Crippen LogP) is 2.85. The highest BCUT2D eigenvalue weighted by Gasteiger charge is 2.32. The first-order valence-corrected chi connectivity index (χ1v) is 7.85. The van der Waals surface area contributed by atoms with Crippen LogP contribution in [0.5, 0.6) is 0 Å². The van der Waals surface area contributed by atoms with E-state index in [1.54, 1.807) is 36.4 Å². The fraction of sp³-hybridized carbons (Fsp3) is 0.167. The van der Waals surface area contributed by atoms with Crippen molar-refractivity contribution in [1.29, 1.82) is 0 Å². The number of rotatable bonds is 3. The Bertz CT molecular complexity index is 864. The lowest BCUT2D eigenvalue weighted by molar-refractivity contribution is -0.125. The largest absolute Gasteiger partial charge is 0.465 e. The van der Waals surface area contributed by atoms with E-state index in [9.17, 15) is 14.4 Å². The molecule has 25 heavy (non-hydrogen) atoms. The number of nitrogens with one attached hydrogen (secondary N) is 1. The fourth-order valence-electron chi connectivity index (χ4n) is 2.60. The minimum atomic E-state index is -1.01. The number of ether oxygens (including phenoxy) is 2. The van der Waals surface area contributed by atoms with Crippen LogP contribution in [-0.4, -0.2) is 31.1 Å². The summed E-state index contributed by atoms with van der Waals surface area (Å²) in [6.45, 7) is 0. The molecule has 0 saturated carbocycles. The van der Waals surface area contributed by atoms with E-state index in [1.807, 2.05) is 0 Å². The van der Waals surface area contributed by atoms with Crippen LogP contribution in [0.4, 0.5) is 5.69 Å². The van der Waals surface area contributed by atoms with Gasteiger partial charge in [0, 0.05) is 11.4 Å². The Morgan fingerprint density at radius 1 is 1.24 bits per heavy atom. The first-order valence-electron chi connectivity index (χ1n) is 7.47. The molecule has 6 nitrogen and oxygen atoms in total. The standard InChI is InChI=1S/C18H14ClNO5/c1-24-17(22)13-4-2-3-5-14(13)20-16(21)15-9-10-8-11(19)6-7-12(10)18(23)25-15/h2-8,15H,9H2,1H3,(H,20,21). The molecule has 2 aromatic rings. The van der Waals surface area contributed by atoms with Crippen LogP contribution in [0.1, 0.15) is 26.3 Å². The summed E-state index contributed by atoms with van der Waals surface area (Å²) in [5.74, 6) is -1.69. The van der Waals surface area contributed by atoms with Crippen LogP contribution < -0.4 is 5.32 Å². The van der Waals surface area contributed by atoms with Crippen molar-refractivity contribution in [2.75, 3.05) is 12.4 Å². The van der Waals surface area contributed by atoms with Gasteiger partial charge in [-0.1, -0.05) is 23.7 Å². The Labute approximate surface area is 148 Å². The number of carbonyl (C=O) groups excluding carboxylic acids is 3. The van der Waals surface area contributed by atoms with Gasteiger partial charge in [0.25, 0.3) is 5.91 Å². The summed E-state index contributed by atoms with van der Waals surface area (Å²) in [6.07, 6.45) is -0.808. The quantitative estimate of drug-likeness (QED) is 0.852. The van der Waals surface area contributed by atoms with Crippen molar-refractivity contribution in [3.63, 3.8) is 0 Å². The zero-order chi connectivity index (χ0) is 18.0. The van der Waals surface area contributed by atoms with E-state index in [0.717, 1.165) is 0 Å². The third kappa shape index (κ3) is 3.49. The first kappa shape index (κ1) is 17.0. The van der Waals surface area contributed by atoms with Crippen LogP contribution in [-0.2, 0) is 20.7 Å². The van der Waals surface area contributed by atoms with E-state index in [-0.39, 0.29) is 17.7 Å². The van der Waals surface area contributed by atoms with Crippen LogP contribution >= 0.6 is 11.6 Å². The molecule has 1 aliphatic rings. The lowest BCUT2D eigenvalue weighted by Crippen LogP contribution is -2.38. The number of hydrogen-bond donors (Lipinski definition) is 1. The van der Waals surface area contributed by atoms with E-state index < -0.39 is 23.9 Å². The van der Waals surface area contributed by atoms with Crippen LogP contribution in [0.2, 0.25) is 5.02 Å². The van der Waals surface area contributed by atoms with Gasteiger partial charge in [-0.15, -0.1) is 0 Å². The van der Waals surface area contributed by atoms with Gasteiger partial charge in [0.2, 0.25) is 0 Å².